The van der Waals surface area contributed by atoms with Crippen molar-refractivity contribution < 1.29 is 14.3 Å². The molecule has 0 aliphatic heterocycles. The van der Waals surface area contributed by atoms with Crippen LogP contribution in [0.25, 0.3) is 0 Å². The van der Waals surface area contributed by atoms with Crippen molar-refractivity contribution >= 4 is 45.1 Å². The topological polar surface area (TPSA) is 55.4 Å². The molecule has 6 heteroatoms. The normalized spacial score (nSPS) is 10.2. The first-order valence-electron chi connectivity index (χ1n) is 6.99. The Labute approximate surface area is 147 Å². The maximum atomic E-state index is 11.8. The van der Waals surface area contributed by atoms with Crippen molar-refractivity contribution in [1.82, 2.24) is 0 Å². The molecular weight excluding hydrogens is 382 g/mol. The van der Waals surface area contributed by atoms with E-state index >= 15 is 0 Å². The van der Waals surface area contributed by atoms with Crippen molar-refractivity contribution in [3.63, 3.8) is 0 Å². The predicted octanol–water partition coefficient (Wildman–Crippen LogP) is 4.56. The summed E-state index contributed by atoms with van der Waals surface area (Å²) in [4.78, 5) is 23.5. The Balaban J connectivity index is 1.72. The molecule has 2 aromatic carbocycles. The van der Waals surface area contributed by atoms with Gasteiger partial charge in [0.1, 0.15) is 6.61 Å². The SMILES string of the molecule is O=C(CCC(=O)OCc1ccc(Br)cc1)Nc1ccccc1Cl. The molecule has 0 saturated carbocycles. The summed E-state index contributed by atoms with van der Waals surface area (Å²) in [5, 5.41) is 3.12. The molecule has 0 aromatic heterocycles. The first-order valence-corrected chi connectivity index (χ1v) is 8.16. The Hall–Kier alpha value is -1.85. The van der Waals surface area contributed by atoms with E-state index in [4.69, 9.17) is 16.3 Å². The smallest absolute Gasteiger partial charge is 0.306 e. The zero-order chi connectivity index (χ0) is 16.7. The zero-order valence-corrected chi connectivity index (χ0v) is 14.6. The predicted molar refractivity (Wildman–Crippen MR) is 93.3 cm³/mol. The number of para-hydroxylation sites is 1. The molecular formula is C17H15BrClNO3. The zero-order valence-electron chi connectivity index (χ0n) is 12.2. The van der Waals surface area contributed by atoms with Crippen molar-refractivity contribution in [2.75, 3.05) is 5.32 Å². The number of esters is 1. The first-order chi connectivity index (χ1) is 11.0. The summed E-state index contributed by atoms with van der Waals surface area (Å²) in [5.74, 6) is -0.694. The Morgan fingerprint density at radius 1 is 1.04 bits per heavy atom. The number of anilines is 1. The van der Waals surface area contributed by atoms with Crippen LogP contribution < -0.4 is 5.32 Å². The quantitative estimate of drug-likeness (QED) is 0.728. The van der Waals surface area contributed by atoms with Gasteiger partial charge in [-0.05, 0) is 29.8 Å². The molecule has 0 unspecified atom stereocenters. The van der Waals surface area contributed by atoms with Crippen LogP contribution in [-0.2, 0) is 20.9 Å². The van der Waals surface area contributed by atoms with E-state index in [1.54, 1.807) is 24.3 Å². The van der Waals surface area contributed by atoms with Gasteiger partial charge >= 0.3 is 5.97 Å². The minimum absolute atomic E-state index is 0.0206. The number of hydrogen-bond acceptors (Lipinski definition) is 3. The molecule has 23 heavy (non-hydrogen) atoms. The van der Waals surface area contributed by atoms with Gasteiger partial charge in [-0.1, -0.05) is 51.8 Å². The van der Waals surface area contributed by atoms with Crippen molar-refractivity contribution in [3.05, 3.63) is 63.6 Å². The summed E-state index contributed by atoms with van der Waals surface area (Å²) < 4.78 is 6.09. The van der Waals surface area contributed by atoms with Crippen molar-refractivity contribution in [1.29, 1.82) is 0 Å². The molecule has 1 amide bonds. The monoisotopic (exact) mass is 395 g/mol. The third kappa shape index (κ3) is 6.04. The molecule has 0 spiro atoms. The highest BCUT2D eigenvalue weighted by Crippen LogP contribution is 2.20. The van der Waals surface area contributed by atoms with Gasteiger partial charge < -0.3 is 10.1 Å². The standard InChI is InChI=1S/C17H15BrClNO3/c18-13-7-5-12(6-8-13)11-23-17(22)10-9-16(21)20-15-4-2-1-3-14(15)19/h1-8H,9-11H2,(H,20,21). The van der Waals surface area contributed by atoms with Crippen LogP contribution in [0.15, 0.2) is 53.0 Å². The van der Waals surface area contributed by atoms with E-state index in [0.29, 0.717) is 10.7 Å². The van der Waals surface area contributed by atoms with Crippen molar-refractivity contribution in [2.45, 2.75) is 19.4 Å². The van der Waals surface area contributed by atoms with Crippen LogP contribution in [0.4, 0.5) is 5.69 Å². The molecule has 1 N–H and O–H groups in total. The number of amides is 1. The van der Waals surface area contributed by atoms with E-state index < -0.39 is 5.97 Å². The molecule has 0 radical (unpaired) electrons. The summed E-state index contributed by atoms with van der Waals surface area (Å²) in [6.45, 7) is 0.193. The third-order valence-corrected chi connectivity index (χ3v) is 3.88. The number of rotatable bonds is 6. The van der Waals surface area contributed by atoms with Crippen LogP contribution in [0.1, 0.15) is 18.4 Å². The van der Waals surface area contributed by atoms with E-state index in [9.17, 15) is 9.59 Å². The number of ether oxygens (including phenoxy) is 1. The van der Waals surface area contributed by atoms with Crippen LogP contribution in [0, 0.1) is 0 Å². The van der Waals surface area contributed by atoms with Gasteiger partial charge in [-0.25, -0.2) is 0 Å². The van der Waals surface area contributed by atoms with Gasteiger partial charge in [0.15, 0.2) is 0 Å². The molecule has 0 atom stereocenters. The lowest BCUT2D eigenvalue weighted by Crippen LogP contribution is -2.14. The van der Waals surface area contributed by atoms with Crippen LogP contribution in [0.5, 0.6) is 0 Å². The summed E-state index contributed by atoms with van der Waals surface area (Å²) in [6, 6.07) is 14.4. The van der Waals surface area contributed by atoms with Gasteiger partial charge in [-0.2, -0.15) is 0 Å². The minimum Gasteiger partial charge on any atom is -0.461 e. The number of halogens is 2. The summed E-state index contributed by atoms with van der Waals surface area (Å²) >= 11 is 9.29. The molecule has 0 bridgehead atoms. The Morgan fingerprint density at radius 3 is 2.43 bits per heavy atom. The van der Waals surface area contributed by atoms with Crippen LogP contribution >= 0.6 is 27.5 Å². The first kappa shape index (κ1) is 17.5. The number of carbonyl (C=O) groups excluding carboxylic acids is 2. The molecule has 0 heterocycles. The van der Waals surface area contributed by atoms with Crippen LogP contribution in [0.2, 0.25) is 5.02 Å². The van der Waals surface area contributed by atoms with Gasteiger partial charge in [0.2, 0.25) is 5.91 Å². The molecule has 0 saturated heterocycles. The lowest BCUT2D eigenvalue weighted by molar-refractivity contribution is -0.145. The number of nitrogens with one attached hydrogen (secondary N) is 1. The summed E-state index contributed by atoms with van der Waals surface area (Å²) in [6.07, 6.45) is 0.0667. The highest BCUT2D eigenvalue weighted by atomic mass is 79.9. The van der Waals surface area contributed by atoms with Gasteiger partial charge in [-0.3, -0.25) is 9.59 Å². The van der Waals surface area contributed by atoms with E-state index in [2.05, 4.69) is 21.2 Å². The van der Waals surface area contributed by atoms with Crippen LogP contribution in [-0.4, -0.2) is 11.9 Å². The molecule has 4 nitrogen and oxygen atoms in total. The fourth-order valence-corrected chi connectivity index (χ4v) is 2.25. The maximum absolute atomic E-state index is 11.8. The number of carbonyl (C=O) groups is 2. The molecule has 0 fully saturated rings. The molecule has 2 rings (SSSR count). The van der Waals surface area contributed by atoms with Gasteiger partial charge in [0.25, 0.3) is 0 Å². The Morgan fingerprint density at radius 2 is 1.74 bits per heavy atom. The lowest BCUT2D eigenvalue weighted by atomic mass is 10.2. The molecule has 120 valence electrons. The average molecular weight is 397 g/mol. The summed E-state index contributed by atoms with van der Waals surface area (Å²) in [5.41, 5.74) is 1.42. The third-order valence-electron chi connectivity index (χ3n) is 3.02. The lowest BCUT2D eigenvalue weighted by Gasteiger charge is -2.07. The molecule has 2 aromatic rings. The molecule has 0 aliphatic rings. The van der Waals surface area contributed by atoms with Crippen molar-refractivity contribution in [3.8, 4) is 0 Å². The van der Waals surface area contributed by atoms with E-state index in [0.717, 1.165) is 10.0 Å². The second kappa shape index (κ2) is 8.70. The highest BCUT2D eigenvalue weighted by Gasteiger charge is 2.10. The average Bonchev–Trinajstić information content (AvgIpc) is 2.54. The second-order valence-electron chi connectivity index (χ2n) is 4.82. The summed E-state index contributed by atoms with van der Waals surface area (Å²) in [7, 11) is 0. The number of benzene rings is 2. The molecule has 0 aliphatic carbocycles. The minimum atomic E-state index is -0.415. The largest absolute Gasteiger partial charge is 0.461 e. The second-order valence-corrected chi connectivity index (χ2v) is 6.14. The van der Waals surface area contributed by atoms with Crippen molar-refractivity contribution in [2.24, 2.45) is 0 Å². The van der Waals surface area contributed by atoms with E-state index in [1.807, 2.05) is 24.3 Å². The van der Waals surface area contributed by atoms with Gasteiger partial charge in [0.05, 0.1) is 17.1 Å². The van der Waals surface area contributed by atoms with Crippen LogP contribution in [0.3, 0.4) is 0 Å². The highest BCUT2D eigenvalue weighted by molar-refractivity contribution is 9.10. The van der Waals surface area contributed by atoms with Gasteiger partial charge in [-0.15, -0.1) is 0 Å². The number of hydrogen-bond donors (Lipinski definition) is 1. The Bertz CT molecular complexity index is 688. The Kier molecular flexibility index (Phi) is 6.62. The maximum Gasteiger partial charge on any atom is 0.306 e. The van der Waals surface area contributed by atoms with Gasteiger partial charge in [0, 0.05) is 10.9 Å². The van der Waals surface area contributed by atoms with E-state index in [-0.39, 0.29) is 25.4 Å². The fraction of sp³-hybridized carbons (Fsp3) is 0.176. The fourth-order valence-electron chi connectivity index (χ4n) is 1.81. The van der Waals surface area contributed by atoms with E-state index in [1.165, 1.54) is 0 Å².